The highest BCUT2D eigenvalue weighted by molar-refractivity contribution is 5.99. The summed E-state index contributed by atoms with van der Waals surface area (Å²) in [6, 6.07) is 18.1. The zero-order valence-corrected chi connectivity index (χ0v) is 13.9. The van der Waals surface area contributed by atoms with Gasteiger partial charge in [-0.2, -0.15) is 0 Å². The van der Waals surface area contributed by atoms with Crippen LogP contribution in [0.15, 0.2) is 59.6 Å². The minimum atomic E-state index is -0.167. The van der Waals surface area contributed by atoms with Crippen molar-refractivity contribution >= 4 is 11.7 Å². The van der Waals surface area contributed by atoms with Crippen molar-refractivity contribution in [1.82, 2.24) is 10.6 Å². The van der Waals surface area contributed by atoms with E-state index in [0.717, 1.165) is 18.9 Å². The van der Waals surface area contributed by atoms with E-state index in [-0.39, 0.29) is 11.9 Å². The smallest absolute Gasteiger partial charge is 0.191 e. The predicted octanol–water partition coefficient (Wildman–Crippen LogP) is 2.18. The number of nitrogens with one attached hydrogen (secondary N) is 2. The summed E-state index contributed by atoms with van der Waals surface area (Å²) >= 11 is 0. The fourth-order valence-corrected chi connectivity index (χ4v) is 3.27. The number of hydrogen-bond donors (Lipinski definition) is 2. The van der Waals surface area contributed by atoms with Crippen molar-refractivity contribution in [3.63, 3.8) is 0 Å². The number of fused-ring (bicyclic) bond motifs is 1. The number of ether oxygens (including phenoxy) is 1. The number of aliphatic imine (C=N–C) groups is 1. The summed E-state index contributed by atoms with van der Waals surface area (Å²) in [5, 5.41) is 6.69. The Labute approximate surface area is 147 Å². The van der Waals surface area contributed by atoms with E-state index >= 15 is 0 Å². The maximum absolute atomic E-state index is 12.2. The quantitative estimate of drug-likeness (QED) is 0.899. The SMILES string of the molecule is O=C1CC(CNC2=NCC(Cc3ccccc3)N2)Oc2ccccc21. The number of rotatable bonds is 4. The van der Waals surface area contributed by atoms with E-state index in [4.69, 9.17) is 4.74 Å². The molecule has 2 atom stereocenters. The van der Waals surface area contributed by atoms with E-state index in [1.165, 1.54) is 5.56 Å². The van der Waals surface area contributed by atoms with Crippen molar-refractivity contribution in [3.05, 3.63) is 65.7 Å². The molecule has 0 saturated carbocycles. The monoisotopic (exact) mass is 335 g/mol. The van der Waals surface area contributed by atoms with Crippen LogP contribution in [0.3, 0.4) is 0 Å². The molecule has 0 bridgehead atoms. The summed E-state index contributed by atoms with van der Waals surface area (Å²) in [5.41, 5.74) is 1.98. The first-order valence-corrected chi connectivity index (χ1v) is 8.65. The van der Waals surface area contributed by atoms with Crippen LogP contribution in [0.25, 0.3) is 0 Å². The lowest BCUT2D eigenvalue weighted by Gasteiger charge is -2.25. The Hall–Kier alpha value is -2.82. The van der Waals surface area contributed by atoms with Gasteiger partial charge in [0.2, 0.25) is 0 Å². The van der Waals surface area contributed by atoms with Crippen LogP contribution in [0.5, 0.6) is 5.75 Å². The maximum Gasteiger partial charge on any atom is 0.191 e. The van der Waals surface area contributed by atoms with Gasteiger partial charge in [0.05, 0.1) is 24.7 Å². The van der Waals surface area contributed by atoms with Gasteiger partial charge in [0.1, 0.15) is 11.9 Å². The van der Waals surface area contributed by atoms with E-state index in [1.54, 1.807) is 0 Å². The molecular formula is C20H21N3O2. The normalized spacial score (nSPS) is 21.8. The summed E-state index contributed by atoms with van der Waals surface area (Å²) in [4.78, 5) is 16.7. The minimum absolute atomic E-state index is 0.136. The Kier molecular flexibility index (Phi) is 4.37. The molecular weight excluding hydrogens is 314 g/mol. The first-order valence-electron chi connectivity index (χ1n) is 8.65. The molecule has 128 valence electrons. The van der Waals surface area contributed by atoms with Crippen LogP contribution in [0.4, 0.5) is 0 Å². The Morgan fingerprint density at radius 3 is 2.80 bits per heavy atom. The van der Waals surface area contributed by atoms with Gasteiger partial charge < -0.3 is 15.4 Å². The average Bonchev–Trinajstić information content (AvgIpc) is 3.08. The van der Waals surface area contributed by atoms with Crippen LogP contribution in [0.1, 0.15) is 22.3 Å². The number of ketones is 1. The topological polar surface area (TPSA) is 62.7 Å². The number of Topliss-reactive ketones (excluding diaryl/α,β-unsaturated/α-hetero) is 1. The van der Waals surface area contributed by atoms with Crippen molar-refractivity contribution in [2.45, 2.75) is 25.0 Å². The minimum Gasteiger partial charge on any atom is -0.487 e. The third-order valence-electron chi connectivity index (χ3n) is 4.53. The van der Waals surface area contributed by atoms with Gasteiger partial charge in [0.15, 0.2) is 11.7 Å². The molecule has 2 heterocycles. The highest BCUT2D eigenvalue weighted by Gasteiger charge is 2.26. The summed E-state index contributed by atoms with van der Waals surface area (Å²) in [5.74, 6) is 1.60. The summed E-state index contributed by atoms with van der Waals surface area (Å²) < 4.78 is 5.92. The van der Waals surface area contributed by atoms with E-state index in [2.05, 4.69) is 39.9 Å². The third kappa shape index (κ3) is 3.65. The molecule has 0 aromatic heterocycles. The highest BCUT2D eigenvalue weighted by atomic mass is 16.5. The molecule has 2 aliphatic heterocycles. The van der Waals surface area contributed by atoms with Crippen LogP contribution >= 0.6 is 0 Å². The number of carbonyl (C=O) groups is 1. The van der Waals surface area contributed by atoms with Crippen LogP contribution in [0.2, 0.25) is 0 Å². The zero-order chi connectivity index (χ0) is 17.1. The molecule has 0 aliphatic carbocycles. The molecule has 2 aliphatic rings. The highest BCUT2D eigenvalue weighted by Crippen LogP contribution is 2.26. The van der Waals surface area contributed by atoms with E-state index in [1.807, 2.05) is 30.3 Å². The van der Waals surface area contributed by atoms with Crippen molar-refractivity contribution in [1.29, 1.82) is 0 Å². The molecule has 25 heavy (non-hydrogen) atoms. The number of hydrogen-bond acceptors (Lipinski definition) is 5. The molecule has 5 nitrogen and oxygen atoms in total. The first kappa shape index (κ1) is 15.7. The molecule has 0 radical (unpaired) electrons. The van der Waals surface area contributed by atoms with Crippen LogP contribution in [-0.2, 0) is 6.42 Å². The largest absolute Gasteiger partial charge is 0.487 e. The lowest BCUT2D eigenvalue weighted by molar-refractivity contribution is 0.0854. The number of benzene rings is 2. The Morgan fingerprint density at radius 2 is 1.92 bits per heavy atom. The van der Waals surface area contributed by atoms with Crippen LogP contribution in [0, 0.1) is 0 Å². The molecule has 0 amide bonds. The van der Waals surface area contributed by atoms with Crippen molar-refractivity contribution in [2.75, 3.05) is 13.1 Å². The molecule has 2 N–H and O–H groups in total. The van der Waals surface area contributed by atoms with Crippen LogP contribution in [-0.4, -0.2) is 37.0 Å². The molecule has 5 heteroatoms. The summed E-state index contributed by atoms with van der Waals surface area (Å²) in [7, 11) is 0. The average molecular weight is 335 g/mol. The van der Waals surface area contributed by atoms with Gasteiger partial charge in [-0.15, -0.1) is 0 Å². The number of carbonyl (C=O) groups excluding carboxylic acids is 1. The molecule has 0 fully saturated rings. The van der Waals surface area contributed by atoms with Gasteiger partial charge >= 0.3 is 0 Å². The summed E-state index contributed by atoms with van der Waals surface area (Å²) in [6.45, 7) is 1.31. The fraction of sp³-hybridized carbons (Fsp3) is 0.300. The molecule has 2 aromatic carbocycles. The second-order valence-electron chi connectivity index (χ2n) is 6.46. The van der Waals surface area contributed by atoms with Gasteiger partial charge in [-0.3, -0.25) is 9.79 Å². The van der Waals surface area contributed by atoms with Crippen LogP contribution < -0.4 is 15.4 Å². The maximum atomic E-state index is 12.2. The summed E-state index contributed by atoms with van der Waals surface area (Å²) in [6.07, 6.45) is 1.17. The van der Waals surface area contributed by atoms with E-state index in [0.29, 0.717) is 30.3 Å². The Balaban J connectivity index is 1.28. The lowest BCUT2D eigenvalue weighted by Crippen LogP contribution is -2.45. The molecule has 2 unspecified atom stereocenters. The number of nitrogens with zero attached hydrogens (tertiary/aromatic N) is 1. The van der Waals surface area contributed by atoms with Gasteiger partial charge in [0.25, 0.3) is 0 Å². The molecule has 0 saturated heterocycles. The van der Waals surface area contributed by atoms with Crippen molar-refractivity contribution in [2.24, 2.45) is 4.99 Å². The van der Waals surface area contributed by atoms with Gasteiger partial charge in [0, 0.05) is 6.42 Å². The second-order valence-corrected chi connectivity index (χ2v) is 6.46. The predicted molar refractivity (Wildman–Crippen MR) is 97.2 cm³/mol. The lowest BCUT2D eigenvalue weighted by atomic mass is 10.0. The Bertz CT molecular complexity index is 789. The van der Waals surface area contributed by atoms with Crippen molar-refractivity contribution in [3.8, 4) is 5.75 Å². The molecule has 4 rings (SSSR count). The molecule has 0 spiro atoms. The van der Waals surface area contributed by atoms with Gasteiger partial charge in [-0.1, -0.05) is 42.5 Å². The molecule has 2 aromatic rings. The first-order chi connectivity index (χ1) is 12.3. The van der Waals surface area contributed by atoms with Crippen molar-refractivity contribution < 1.29 is 9.53 Å². The van der Waals surface area contributed by atoms with Gasteiger partial charge in [-0.25, -0.2) is 0 Å². The van der Waals surface area contributed by atoms with Gasteiger partial charge in [-0.05, 0) is 24.1 Å². The number of para-hydroxylation sites is 1. The van der Waals surface area contributed by atoms with E-state index in [9.17, 15) is 4.79 Å². The standard InChI is InChI=1S/C20H21N3O2/c24-18-11-16(25-19-9-5-4-8-17(18)19)13-22-20-21-12-15(23-20)10-14-6-2-1-3-7-14/h1-9,15-16H,10-13H2,(H2,21,22,23). The third-order valence-corrected chi connectivity index (χ3v) is 4.53. The fourth-order valence-electron chi connectivity index (χ4n) is 3.27. The Morgan fingerprint density at radius 1 is 1.12 bits per heavy atom. The number of guanidine groups is 1. The van der Waals surface area contributed by atoms with E-state index < -0.39 is 0 Å². The zero-order valence-electron chi connectivity index (χ0n) is 13.9. The second kappa shape index (κ2) is 6.97.